The fraction of sp³-hybridized carbons (Fsp3) is 0.333. The molecule has 0 nitrogen and oxygen atoms in total. The third kappa shape index (κ3) is 3.83. The van der Waals surface area contributed by atoms with Crippen molar-refractivity contribution in [3.63, 3.8) is 0 Å². The molecule has 0 spiro atoms. The normalized spacial score (nSPS) is 11.3. The summed E-state index contributed by atoms with van der Waals surface area (Å²) in [7, 11) is 3.75. The van der Waals surface area contributed by atoms with Gasteiger partial charge in [0.2, 0.25) is 0 Å². The summed E-state index contributed by atoms with van der Waals surface area (Å²) in [5.41, 5.74) is 2.87. The molecule has 0 amide bonds. The minimum Gasteiger partial charge on any atom is -0.0619 e. The molecule has 0 atom stereocenters. The molecular formula is C18H22S2. The maximum Gasteiger partial charge on any atom is 0.0220 e. The zero-order valence-electron chi connectivity index (χ0n) is 12.6. The predicted molar refractivity (Wildman–Crippen MR) is 92.8 cm³/mol. The molecule has 0 bridgehead atoms. The van der Waals surface area contributed by atoms with Crippen LogP contribution in [0.4, 0.5) is 0 Å². The highest BCUT2D eigenvalue weighted by Gasteiger charge is 2.10. The quantitative estimate of drug-likeness (QED) is 0.561. The van der Waals surface area contributed by atoms with Gasteiger partial charge in [-0.1, -0.05) is 85.7 Å². The van der Waals surface area contributed by atoms with E-state index in [2.05, 4.69) is 76.2 Å². The standard InChI is InChI=1S/C18H22S2/c1-13(2)15-9-5-7-11-17(15)19-20-18-12-8-6-10-16(18)14(3)4/h5-14H,1-4H3. The van der Waals surface area contributed by atoms with Crippen LogP contribution in [0, 0.1) is 0 Å². The molecule has 0 fully saturated rings. The highest BCUT2D eigenvalue weighted by Crippen LogP contribution is 2.43. The van der Waals surface area contributed by atoms with Gasteiger partial charge in [0, 0.05) is 9.79 Å². The van der Waals surface area contributed by atoms with Gasteiger partial charge >= 0.3 is 0 Å². The van der Waals surface area contributed by atoms with Crippen molar-refractivity contribution in [3.05, 3.63) is 59.7 Å². The second kappa shape index (κ2) is 7.24. The molecule has 2 heteroatoms. The van der Waals surface area contributed by atoms with Crippen molar-refractivity contribution in [3.8, 4) is 0 Å². The van der Waals surface area contributed by atoms with Gasteiger partial charge < -0.3 is 0 Å². The van der Waals surface area contributed by atoms with Crippen LogP contribution >= 0.6 is 21.6 Å². The minimum absolute atomic E-state index is 0.569. The molecule has 2 aromatic carbocycles. The summed E-state index contributed by atoms with van der Waals surface area (Å²) in [6, 6.07) is 17.4. The van der Waals surface area contributed by atoms with Crippen molar-refractivity contribution in [2.75, 3.05) is 0 Å². The van der Waals surface area contributed by atoms with Gasteiger partial charge in [0.1, 0.15) is 0 Å². The van der Waals surface area contributed by atoms with Gasteiger partial charge in [-0.25, -0.2) is 0 Å². The Morgan fingerprint density at radius 1 is 0.600 bits per heavy atom. The van der Waals surface area contributed by atoms with Crippen LogP contribution in [0.2, 0.25) is 0 Å². The molecule has 0 aliphatic carbocycles. The lowest BCUT2D eigenvalue weighted by atomic mass is 10.0. The fourth-order valence-corrected chi connectivity index (χ4v) is 4.85. The molecule has 0 saturated carbocycles. The first-order chi connectivity index (χ1) is 9.59. The average Bonchev–Trinajstić information content (AvgIpc) is 2.45. The Hall–Kier alpha value is -0.860. The Bertz CT molecular complexity index is 507. The highest BCUT2D eigenvalue weighted by atomic mass is 33.1. The first-order valence-corrected chi connectivity index (χ1v) is 9.27. The summed E-state index contributed by atoms with van der Waals surface area (Å²) in [6.45, 7) is 9.02. The minimum atomic E-state index is 0.569. The summed E-state index contributed by atoms with van der Waals surface area (Å²) in [5.74, 6) is 1.14. The number of hydrogen-bond acceptors (Lipinski definition) is 2. The Kier molecular flexibility index (Phi) is 5.62. The Morgan fingerprint density at radius 2 is 0.950 bits per heavy atom. The van der Waals surface area contributed by atoms with Crippen LogP contribution in [0.25, 0.3) is 0 Å². The van der Waals surface area contributed by atoms with Gasteiger partial charge in [-0.15, -0.1) is 0 Å². The molecule has 0 aliphatic rings. The largest absolute Gasteiger partial charge is 0.0619 e. The molecule has 0 heterocycles. The number of hydrogen-bond donors (Lipinski definition) is 0. The lowest BCUT2D eigenvalue weighted by Gasteiger charge is -2.14. The maximum absolute atomic E-state index is 2.26. The smallest absolute Gasteiger partial charge is 0.0220 e. The van der Waals surface area contributed by atoms with Crippen LogP contribution in [0.5, 0.6) is 0 Å². The molecule has 106 valence electrons. The zero-order chi connectivity index (χ0) is 14.5. The predicted octanol–water partition coefficient (Wildman–Crippen LogP) is 6.73. The maximum atomic E-state index is 2.26. The Balaban J connectivity index is 2.17. The topological polar surface area (TPSA) is 0 Å². The molecule has 2 rings (SSSR count). The lowest BCUT2D eigenvalue weighted by molar-refractivity contribution is 0.842. The number of rotatable bonds is 5. The van der Waals surface area contributed by atoms with Crippen LogP contribution in [-0.2, 0) is 0 Å². The van der Waals surface area contributed by atoms with Crippen molar-refractivity contribution >= 4 is 21.6 Å². The Morgan fingerprint density at radius 3 is 1.30 bits per heavy atom. The highest BCUT2D eigenvalue weighted by molar-refractivity contribution is 8.76. The van der Waals surface area contributed by atoms with Gasteiger partial charge in [0.25, 0.3) is 0 Å². The molecule has 20 heavy (non-hydrogen) atoms. The number of benzene rings is 2. The van der Waals surface area contributed by atoms with E-state index in [0.29, 0.717) is 11.8 Å². The van der Waals surface area contributed by atoms with E-state index >= 15 is 0 Å². The van der Waals surface area contributed by atoms with E-state index in [1.54, 1.807) is 0 Å². The molecular weight excluding hydrogens is 280 g/mol. The summed E-state index contributed by atoms with van der Waals surface area (Å²) in [4.78, 5) is 2.76. The van der Waals surface area contributed by atoms with Crippen LogP contribution in [-0.4, -0.2) is 0 Å². The van der Waals surface area contributed by atoms with Crippen molar-refractivity contribution in [2.45, 2.75) is 49.3 Å². The summed E-state index contributed by atoms with van der Waals surface area (Å²) in [5, 5.41) is 0. The fourth-order valence-electron chi connectivity index (χ4n) is 2.16. The van der Waals surface area contributed by atoms with E-state index in [9.17, 15) is 0 Å². The molecule has 0 aromatic heterocycles. The monoisotopic (exact) mass is 302 g/mol. The molecule has 0 N–H and O–H groups in total. The van der Waals surface area contributed by atoms with E-state index in [4.69, 9.17) is 0 Å². The van der Waals surface area contributed by atoms with Gasteiger partial charge in [-0.05, 0) is 35.1 Å². The van der Waals surface area contributed by atoms with Crippen molar-refractivity contribution in [2.24, 2.45) is 0 Å². The van der Waals surface area contributed by atoms with Gasteiger partial charge in [0.15, 0.2) is 0 Å². The lowest BCUT2D eigenvalue weighted by Crippen LogP contribution is -1.91. The van der Waals surface area contributed by atoms with E-state index in [-0.39, 0.29) is 0 Å². The van der Waals surface area contributed by atoms with Crippen molar-refractivity contribution < 1.29 is 0 Å². The summed E-state index contributed by atoms with van der Waals surface area (Å²) in [6.07, 6.45) is 0. The first kappa shape index (κ1) is 15.5. The van der Waals surface area contributed by atoms with Crippen LogP contribution in [0.1, 0.15) is 50.7 Å². The molecule has 0 saturated heterocycles. The van der Waals surface area contributed by atoms with Crippen molar-refractivity contribution in [1.29, 1.82) is 0 Å². The zero-order valence-corrected chi connectivity index (χ0v) is 14.2. The second-order valence-corrected chi connectivity index (χ2v) is 7.76. The second-order valence-electron chi connectivity index (χ2n) is 5.55. The summed E-state index contributed by atoms with van der Waals surface area (Å²) < 4.78 is 0. The van der Waals surface area contributed by atoms with Gasteiger partial charge in [-0.3, -0.25) is 0 Å². The third-order valence-electron chi connectivity index (χ3n) is 3.30. The van der Waals surface area contributed by atoms with Crippen LogP contribution in [0.15, 0.2) is 58.3 Å². The SMILES string of the molecule is CC(C)c1ccccc1SSc1ccccc1C(C)C. The van der Waals surface area contributed by atoms with E-state index in [0.717, 1.165) is 0 Å². The molecule has 0 aliphatic heterocycles. The summed E-state index contributed by atoms with van der Waals surface area (Å²) >= 11 is 0. The van der Waals surface area contributed by atoms with E-state index in [1.807, 2.05) is 21.6 Å². The molecule has 2 aromatic rings. The van der Waals surface area contributed by atoms with E-state index in [1.165, 1.54) is 20.9 Å². The van der Waals surface area contributed by atoms with Gasteiger partial charge in [-0.2, -0.15) is 0 Å². The van der Waals surface area contributed by atoms with Crippen molar-refractivity contribution in [1.82, 2.24) is 0 Å². The molecule has 0 unspecified atom stereocenters. The van der Waals surface area contributed by atoms with Gasteiger partial charge in [0.05, 0.1) is 0 Å². The van der Waals surface area contributed by atoms with Crippen LogP contribution < -0.4 is 0 Å². The van der Waals surface area contributed by atoms with Crippen LogP contribution in [0.3, 0.4) is 0 Å². The van der Waals surface area contributed by atoms with E-state index < -0.39 is 0 Å². The first-order valence-electron chi connectivity index (χ1n) is 7.12. The molecule has 0 radical (unpaired) electrons. The Labute approximate surface area is 130 Å². The third-order valence-corrected chi connectivity index (χ3v) is 5.82. The average molecular weight is 303 g/mol.